The molecule has 0 spiro atoms. The van der Waals surface area contributed by atoms with Crippen LogP contribution in [0.4, 0.5) is 0 Å². The summed E-state index contributed by atoms with van der Waals surface area (Å²) in [6.45, 7) is 14.4. The van der Waals surface area contributed by atoms with Crippen LogP contribution in [0.15, 0.2) is 0 Å². The molecule has 0 aliphatic heterocycles. The molecule has 4 atom stereocenters. The van der Waals surface area contributed by atoms with Crippen molar-refractivity contribution in [1.29, 1.82) is 0 Å². The molecule has 0 aromatic carbocycles. The highest BCUT2D eigenvalue weighted by molar-refractivity contribution is 5.01. The standard InChI is InChI=1S/C14H28/c1-7-13-9-14(13,6)12(5)8-11(4)10(2)3/h10-13H,7-9H2,1-6H3. The molecule has 0 amide bonds. The van der Waals surface area contributed by atoms with Gasteiger partial charge in [0.25, 0.3) is 0 Å². The average Bonchev–Trinajstić information content (AvgIpc) is 2.78. The molecule has 0 aromatic heterocycles. The number of hydrogen-bond donors (Lipinski definition) is 0. The SMILES string of the molecule is CCC1CC1(C)C(C)CC(C)C(C)C. The Kier molecular flexibility index (Phi) is 3.66. The molecule has 0 heterocycles. The first-order valence-electron chi connectivity index (χ1n) is 6.41. The number of rotatable bonds is 5. The van der Waals surface area contributed by atoms with Crippen molar-refractivity contribution in [2.24, 2.45) is 29.1 Å². The van der Waals surface area contributed by atoms with E-state index in [0.717, 1.165) is 23.7 Å². The van der Waals surface area contributed by atoms with Crippen LogP contribution < -0.4 is 0 Å². The van der Waals surface area contributed by atoms with Gasteiger partial charge in [0.05, 0.1) is 0 Å². The van der Waals surface area contributed by atoms with Gasteiger partial charge in [-0.15, -0.1) is 0 Å². The normalized spacial score (nSPS) is 35.8. The molecule has 1 aliphatic rings. The van der Waals surface area contributed by atoms with Crippen LogP contribution in [-0.2, 0) is 0 Å². The molecule has 1 rings (SSSR count). The molecular formula is C14H28. The van der Waals surface area contributed by atoms with E-state index >= 15 is 0 Å². The Morgan fingerprint density at radius 2 is 1.79 bits per heavy atom. The maximum absolute atomic E-state index is 2.50. The van der Waals surface area contributed by atoms with Gasteiger partial charge in [0.1, 0.15) is 0 Å². The van der Waals surface area contributed by atoms with Crippen LogP contribution in [0.1, 0.15) is 60.8 Å². The maximum Gasteiger partial charge on any atom is -0.0269 e. The predicted molar refractivity (Wildman–Crippen MR) is 64.3 cm³/mol. The van der Waals surface area contributed by atoms with Gasteiger partial charge in [0.15, 0.2) is 0 Å². The highest BCUT2D eigenvalue weighted by Crippen LogP contribution is 2.60. The van der Waals surface area contributed by atoms with Gasteiger partial charge in [-0.05, 0) is 41.9 Å². The van der Waals surface area contributed by atoms with Crippen molar-refractivity contribution in [1.82, 2.24) is 0 Å². The van der Waals surface area contributed by atoms with E-state index in [-0.39, 0.29) is 0 Å². The van der Waals surface area contributed by atoms with Crippen molar-refractivity contribution in [3.8, 4) is 0 Å². The topological polar surface area (TPSA) is 0 Å². The fourth-order valence-corrected chi connectivity index (χ4v) is 2.79. The monoisotopic (exact) mass is 196 g/mol. The molecule has 0 aromatic rings. The molecule has 84 valence electrons. The Balaban J connectivity index is 2.40. The molecule has 0 nitrogen and oxygen atoms in total. The van der Waals surface area contributed by atoms with E-state index in [9.17, 15) is 0 Å². The molecule has 0 radical (unpaired) electrons. The lowest BCUT2D eigenvalue weighted by atomic mass is 9.80. The van der Waals surface area contributed by atoms with Crippen molar-refractivity contribution in [2.75, 3.05) is 0 Å². The van der Waals surface area contributed by atoms with Gasteiger partial charge in [0, 0.05) is 0 Å². The molecule has 0 heteroatoms. The van der Waals surface area contributed by atoms with Gasteiger partial charge in [-0.1, -0.05) is 48.0 Å². The second kappa shape index (κ2) is 4.24. The van der Waals surface area contributed by atoms with E-state index in [1.165, 1.54) is 19.3 Å². The van der Waals surface area contributed by atoms with E-state index in [1.807, 2.05) is 0 Å². The Morgan fingerprint density at radius 3 is 2.14 bits per heavy atom. The highest BCUT2D eigenvalue weighted by atomic mass is 14.6. The first-order valence-corrected chi connectivity index (χ1v) is 6.41. The van der Waals surface area contributed by atoms with Gasteiger partial charge in [-0.2, -0.15) is 0 Å². The Bertz CT molecular complexity index is 182. The van der Waals surface area contributed by atoms with Gasteiger partial charge < -0.3 is 0 Å². The minimum atomic E-state index is 0.692. The summed E-state index contributed by atoms with van der Waals surface area (Å²) in [4.78, 5) is 0. The molecule has 14 heavy (non-hydrogen) atoms. The first-order chi connectivity index (χ1) is 6.41. The zero-order valence-electron chi connectivity index (χ0n) is 10.9. The third-order valence-electron chi connectivity index (χ3n) is 4.94. The van der Waals surface area contributed by atoms with Crippen LogP contribution in [0.3, 0.4) is 0 Å². The number of hydrogen-bond acceptors (Lipinski definition) is 0. The maximum atomic E-state index is 2.50. The lowest BCUT2D eigenvalue weighted by Gasteiger charge is -2.26. The van der Waals surface area contributed by atoms with E-state index in [2.05, 4.69) is 41.5 Å². The molecule has 4 unspecified atom stereocenters. The fourth-order valence-electron chi connectivity index (χ4n) is 2.79. The van der Waals surface area contributed by atoms with Crippen LogP contribution in [0, 0.1) is 29.1 Å². The first kappa shape index (κ1) is 12.1. The average molecular weight is 196 g/mol. The molecule has 0 bridgehead atoms. The third-order valence-corrected chi connectivity index (χ3v) is 4.94. The molecule has 1 aliphatic carbocycles. The van der Waals surface area contributed by atoms with Crippen LogP contribution in [0.5, 0.6) is 0 Å². The van der Waals surface area contributed by atoms with Crippen LogP contribution >= 0.6 is 0 Å². The minimum absolute atomic E-state index is 0.692. The lowest BCUT2D eigenvalue weighted by Crippen LogP contribution is -2.17. The second-order valence-corrected chi connectivity index (χ2v) is 6.17. The molecular weight excluding hydrogens is 168 g/mol. The zero-order chi connectivity index (χ0) is 10.9. The predicted octanol–water partition coefficient (Wildman–Crippen LogP) is 4.74. The summed E-state index contributed by atoms with van der Waals surface area (Å²) in [5, 5.41) is 0. The summed E-state index contributed by atoms with van der Waals surface area (Å²) in [6, 6.07) is 0. The van der Waals surface area contributed by atoms with Gasteiger partial charge in [-0.3, -0.25) is 0 Å². The highest BCUT2D eigenvalue weighted by Gasteiger charge is 2.51. The summed E-state index contributed by atoms with van der Waals surface area (Å²) >= 11 is 0. The van der Waals surface area contributed by atoms with E-state index in [0.29, 0.717) is 5.41 Å². The molecule has 1 fully saturated rings. The summed E-state index contributed by atoms with van der Waals surface area (Å²) < 4.78 is 0. The van der Waals surface area contributed by atoms with Crippen molar-refractivity contribution in [2.45, 2.75) is 60.8 Å². The van der Waals surface area contributed by atoms with Crippen molar-refractivity contribution in [3.63, 3.8) is 0 Å². The molecule has 1 saturated carbocycles. The van der Waals surface area contributed by atoms with E-state index in [4.69, 9.17) is 0 Å². The largest absolute Gasteiger partial charge is 0.0651 e. The summed E-state index contributed by atoms with van der Waals surface area (Å²) in [7, 11) is 0. The van der Waals surface area contributed by atoms with Gasteiger partial charge in [0.2, 0.25) is 0 Å². The van der Waals surface area contributed by atoms with Crippen LogP contribution in [0.25, 0.3) is 0 Å². The van der Waals surface area contributed by atoms with Crippen molar-refractivity contribution in [3.05, 3.63) is 0 Å². The Morgan fingerprint density at radius 1 is 1.21 bits per heavy atom. The van der Waals surface area contributed by atoms with E-state index in [1.54, 1.807) is 0 Å². The fraction of sp³-hybridized carbons (Fsp3) is 1.00. The minimum Gasteiger partial charge on any atom is -0.0651 e. The van der Waals surface area contributed by atoms with E-state index < -0.39 is 0 Å². The van der Waals surface area contributed by atoms with Gasteiger partial charge in [-0.25, -0.2) is 0 Å². The summed E-state index contributed by atoms with van der Waals surface area (Å²) in [6.07, 6.45) is 4.29. The van der Waals surface area contributed by atoms with Crippen molar-refractivity contribution >= 4 is 0 Å². The smallest absolute Gasteiger partial charge is 0.0269 e. The third kappa shape index (κ3) is 2.32. The van der Waals surface area contributed by atoms with Crippen molar-refractivity contribution < 1.29 is 0 Å². The lowest BCUT2D eigenvalue weighted by molar-refractivity contribution is 0.241. The Hall–Kier alpha value is 0. The summed E-state index contributed by atoms with van der Waals surface area (Å²) in [5.41, 5.74) is 0.692. The molecule has 0 saturated heterocycles. The van der Waals surface area contributed by atoms with Crippen LogP contribution in [-0.4, -0.2) is 0 Å². The Labute approximate surface area is 90.5 Å². The van der Waals surface area contributed by atoms with Gasteiger partial charge >= 0.3 is 0 Å². The zero-order valence-corrected chi connectivity index (χ0v) is 10.9. The summed E-state index contributed by atoms with van der Waals surface area (Å²) in [5.74, 6) is 3.68. The van der Waals surface area contributed by atoms with Crippen LogP contribution in [0.2, 0.25) is 0 Å². The quantitative estimate of drug-likeness (QED) is 0.595. The second-order valence-electron chi connectivity index (χ2n) is 6.17. The molecule has 0 N–H and O–H groups in total.